The third kappa shape index (κ3) is 7.60. The van der Waals surface area contributed by atoms with Crippen LogP contribution in [0.2, 0.25) is 5.02 Å². The molecule has 5 nitrogen and oxygen atoms in total. The highest BCUT2D eigenvalue weighted by atomic mass is 79.9. The molecule has 0 radical (unpaired) electrons. The standard InChI is InChI=1S/C22H25Br2ClN2O3/c1-3-4-11-26-22(29)15(2)27(13-16-5-7-17(23)8-6-16)21(28)14-30-20-10-9-18(24)12-19(20)25/h5-10,12,15H,3-4,11,13-14H2,1-2H3,(H,26,29)/t15-/m1/s1. The van der Waals surface area contributed by atoms with Gasteiger partial charge >= 0.3 is 0 Å². The third-order valence-corrected chi connectivity index (χ3v) is 5.83. The van der Waals surface area contributed by atoms with Gasteiger partial charge in [-0.25, -0.2) is 0 Å². The number of rotatable bonds is 10. The molecule has 0 spiro atoms. The average Bonchev–Trinajstić information content (AvgIpc) is 2.72. The van der Waals surface area contributed by atoms with E-state index in [-0.39, 0.29) is 18.4 Å². The number of hydrogen-bond donors (Lipinski definition) is 1. The molecule has 162 valence electrons. The van der Waals surface area contributed by atoms with E-state index in [9.17, 15) is 9.59 Å². The van der Waals surface area contributed by atoms with E-state index >= 15 is 0 Å². The monoisotopic (exact) mass is 558 g/mol. The maximum Gasteiger partial charge on any atom is 0.261 e. The highest BCUT2D eigenvalue weighted by molar-refractivity contribution is 9.10. The van der Waals surface area contributed by atoms with E-state index in [1.807, 2.05) is 24.3 Å². The van der Waals surface area contributed by atoms with Gasteiger partial charge in [-0.05, 0) is 49.2 Å². The van der Waals surface area contributed by atoms with E-state index < -0.39 is 6.04 Å². The van der Waals surface area contributed by atoms with E-state index in [1.165, 1.54) is 4.90 Å². The van der Waals surface area contributed by atoms with Gasteiger partial charge in [-0.2, -0.15) is 0 Å². The lowest BCUT2D eigenvalue weighted by Crippen LogP contribution is -2.49. The SMILES string of the molecule is CCCCNC(=O)[C@@H](C)N(Cc1ccc(Br)cc1)C(=O)COc1ccc(Br)cc1Cl. The lowest BCUT2D eigenvalue weighted by atomic mass is 10.1. The van der Waals surface area contributed by atoms with Crippen molar-refractivity contribution >= 4 is 55.3 Å². The second-order valence-corrected chi connectivity index (χ2v) is 9.07. The molecule has 0 heterocycles. The fourth-order valence-electron chi connectivity index (χ4n) is 2.72. The van der Waals surface area contributed by atoms with Crippen LogP contribution in [-0.4, -0.2) is 35.9 Å². The predicted octanol–water partition coefficient (Wildman–Crippen LogP) is 5.58. The summed E-state index contributed by atoms with van der Waals surface area (Å²) in [4.78, 5) is 27.1. The van der Waals surface area contributed by atoms with Gasteiger partial charge < -0.3 is 15.0 Å². The summed E-state index contributed by atoms with van der Waals surface area (Å²) in [7, 11) is 0. The quantitative estimate of drug-likeness (QED) is 0.386. The molecule has 2 rings (SSSR count). The number of ether oxygens (including phenoxy) is 1. The van der Waals surface area contributed by atoms with Crippen molar-refractivity contribution in [3.8, 4) is 5.75 Å². The molecule has 0 fully saturated rings. The Morgan fingerprint density at radius 1 is 1.13 bits per heavy atom. The number of nitrogens with zero attached hydrogens (tertiary/aromatic N) is 1. The van der Waals surface area contributed by atoms with Gasteiger partial charge in [0.05, 0.1) is 5.02 Å². The Morgan fingerprint density at radius 2 is 1.80 bits per heavy atom. The zero-order chi connectivity index (χ0) is 22.1. The van der Waals surface area contributed by atoms with Crippen molar-refractivity contribution in [2.24, 2.45) is 0 Å². The molecule has 0 unspecified atom stereocenters. The number of halogens is 3. The summed E-state index contributed by atoms with van der Waals surface area (Å²) >= 11 is 12.9. The highest BCUT2D eigenvalue weighted by Crippen LogP contribution is 2.27. The minimum absolute atomic E-state index is 0.185. The normalized spacial score (nSPS) is 11.6. The summed E-state index contributed by atoms with van der Waals surface area (Å²) in [6.45, 7) is 4.45. The fourth-order valence-corrected chi connectivity index (χ4v) is 3.71. The van der Waals surface area contributed by atoms with Crippen LogP contribution in [0.4, 0.5) is 0 Å². The molecule has 0 saturated heterocycles. The Balaban J connectivity index is 2.12. The molecule has 30 heavy (non-hydrogen) atoms. The molecule has 1 N–H and O–H groups in total. The van der Waals surface area contributed by atoms with Crippen molar-refractivity contribution in [3.63, 3.8) is 0 Å². The Labute approximate surface area is 199 Å². The molecule has 2 aromatic carbocycles. The zero-order valence-electron chi connectivity index (χ0n) is 17.0. The first-order valence-electron chi connectivity index (χ1n) is 9.71. The molecule has 0 aromatic heterocycles. The third-order valence-electron chi connectivity index (χ3n) is 4.51. The average molecular weight is 561 g/mol. The maximum atomic E-state index is 13.0. The number of amides is 2. The first-order valence-corrected chi connectivity index (χ1v) is 11.7. The van der Waals surface area contributed by atoms with Crippen LogP contribution in [0, 0.1) is 0 Å². The summed E-state index contributed by atoms with van der Waals surface area (Å²) in [5.74, 6) is -0.0671. The Kier molecular flexibility index (Phi) is 10.1. The Bertz CT molecular complexity index is 862. The molecule has 0 aliphatic carbocycles. The molecular formula is C22H25Br2ClN2O3. The fraction of sp³-hybridized carbons (Fsp3) is 0.364. The largest absolute Gasteiger partial charge is 0.482 e. The molecule has 2 aromatic rings. The van der Waals surface area contributed by atoms with Crippen LogP contribution in [0.1, 0.15) is 32.3 Å². The van der Waals surface area contributed by atoms with Crippen molar-refractivity contribution in [2.45, 2.75) is 39.3 Å². The highest BCUT2D eigenvalue weighted by Gasteiger charge is 2.26. The lowest BCUT2D eigenvalue weighted by Gasteiger charge is -2.29. The number of carbonyl (C=O) groups excluding carboxylic acids is 2. The van der Waals surface area contributed by atoms with Crippen LogP contribution < -0.4 is 10.1 Å². The van der Waals surface area contributed by atoms with Crippen LogP contribution >= 0.6 is 43.5 Å². The van der Waals surface area contributed by atoms with Crippen LogP contribution in [0.3, 0.4) is 0 Å². The van der Waals surface area contributed by atoms with E-state index in [1.54, 1.807) is 25.1 Å². The summed E-state index contributed by atoms with van der Waals surface area (Å²) < 4.78 is 7.40. The van der Waals surface area contributed by atoms with Crippen molar-refractivity contribution in [1.29, 1.82) is 0 Å². The van der Waals surface area contributed by atoms with Crippen LogP contribution in [0.15, 0.2) is 51.4 Å². The molecule has 2 amide bonds. The number of nitrogens with one attached hydrogen (secondary N) is 1. The van der Waals surface area contributed by atoms with Crippen LogP contribution in [-0.2, 0) is 16.1 Å². The van der Waals surface area contributed by atoms with Crippen molar-refractivity contribution in [2.75, 3.05) is 13.2 Å². The molecule has 0 bridgehead atoms. The minimum Gasteiger partial charge on any atom is -0.482 e. The summed E-state index contributed by atoms with van der Waals surface area (Å²) in [5.41, 5.74) is 0.918. The number of benzene rings is 2. The van der Waals surface area contributed by atoms with Gasteiger partial charge in [0.15, 0.2) is 6.61 Å². The van der Waals surface area contributed by atoms with Gasteiger partial charge in [-0.3, -0.25) is 9.59 Å². The number of carbonyl (C=O) groups is 2. The Morgan fingerprint density at radius 3 is 2.43 bits per heavy atom. The van der Waals surface area contributed by atoms with E-state index in [0.29, 0.717) is 23.9 Å². The van der Waals surface area contributed by atoms with Gasteiger partial charge in [0, 0.05) is 22.0 Å². The van der Waals surface area contributed by atoms with Gasteiger partial charge in [0.25, 0.3) is 5.91 Å². The predicted molar refractivity (Wildman–Crippen MR) is 127 cm³/mol. The van der Waals surface area contributed by atoms with Gasteiger partial charge in [0.2, 0.25) is 5.91 Å². The number of hydrogen-bond acceptors (Lipinski definition) is 3. The number of unbranched alkanes of at least 4 members (excludes halogenated alkanes) is 1. The van der Waals surface area contributed by atoms with Crippen molar-refractivity contribution in [1.82, 2.24) is 10.2 Å². The lowest BCUT2D eigenvalue weighted by molar-refractivity contribution is -0.142. The zero-order valence-corrected chi connectivity index (χ0v) is 20.9. The molecular weight excluding hydrogens is 536 g/mol. The first-order chi connectivity index (χ1) is 14.3. The second-order valence-electron chi connectivity index (χ2n) is 6.83. The molecule has 1 atom stereocenters. The topological polar surface area (TPSA) is 58.6 Å². The minimum atomic E-state index is -0.637. The molecule has 0 aliphatic rings. The van der Waals surface area contributed by atoms with E-state index in [2.05, 4.69) is 44.1 Å². The summed E-state index contributed by atoms with van der Waals surface area (Å²) in [6.07, 6.45) is 1.88. The Hall–Kier alpha value is -1.57. The van der Waals surface area contributed by atoms with E-state index in [0.717, 1.165) is 27.4 Å². The van der Waals surface area contributed by atoms with Gasteiger partial charge in [-0.1, -0.05) is 68.9 Å². The van der Waals surface area contributed by atoms with Crippen LogP contribution in [0.25, 0.3) is 0 Å². The molecule has 0 saturated carbocycles. The second kappa shape index (κ2) is 12.3. The van der Waals surface area contributed by atoms with Gasteiger partial charge in [-0.15, -0.1) is 0 Å². The summed E-state index contributed by atoms with van der Waals surface area (Å²) in [6, 6.07) is 12.2. The van der Waals surface area contributed by atoms with Crippen molar-refractivity contribution in [3.05, 3.63) is 62.0 Å². The van der Waals surface area contributed by atoms with Gasteiger partial charge in [0.1, 0.15) is 11.8 Å². The maximum absolute atomic E-state index is 13.0. The molecule has 8 heteroatoms. The smallest absolute Gasteiger partial charge is 0.261 e. The van der Waals surface area contributed by atoms with E-state index in [4.69, 9.17) is 16.3 Å². The van der Waals surface area contributed by atoms with Crippen molar-refractivity contribution < 1.29 is 14.3 Å². The molecule has 0 aliphatic heterocycles. The van der Waals surface area contributed by atoms with Crippen LogP contribution in [0.5, 0.6) is 5.75 Å². The summed E-state index contributed by atoms with van der Waals surface area (Å²) in [5, 5.41) is 3.30. The first kappa shape index (κ1) is 24.7.